The predicted molar refractivity (Wildman–Crippen MR) is 124 cm³/mol. The molecule has 0 saturated carbocycles. The molecule has 2 N–H and O–H groups in total. The summed E-state index contributed by atoms with van der Waals surface area (Å²) in [5.74, 6) is 2.98. The molecule has 0 aliphatic carbocycles. The maximum Gasteiger partial charge on any atom is 0.236 e. The number of rotatable bonds is 5. The number of carbonyl (C=O) groups excluding carboxylic acids is 1. The van der Waals surface area contributed by atoms with Gasteiger partial charge >= 0.3 is 0 Å². The van der Waals surface area contributed by atoms with Crippen molar-refractivity contribution in [1.29, 1.82) is 0 Å². The molecule has 2 aromatic heterocycles. The number of amides is 1. The largest absolute Gasteiger partial charge is 0.461 e. The molecule has 2 aliphatic rings. The van der Waals surface area contributed by atoms with E-state index in [0.29, 0.717) is 30.5 Å². The lowest BCUT2D eigenvalue weighted by Crippen LogP contribution is -2.54. The molecule has 0 atom stereocenters. The van der Waals surface area contributed by atoms with Crippen molar-refractivity contribution >= 4 is 35.8 Å². The summed E-state index contributed by atoms with van der Waals surface area (Å²) in [6.45, 7) is 6.22. The number of carbonyl (C=O) groups is 1. The average Bonchev–Trinajstić information content (AvgIpc) is 3.51. The van der Waals surface area contributed by atoms with Gasteiger partial charge in [-0.05, 0) is 25.0 Å². The highest BCUT2D eigenvalue weighted by Gasteiger charge is 2.24. The number of hydrogen-bond donors (Lipinski definition) is 2. The van der Waals surface area contributed by atoms with E-state index in [-0.39, 0.29) is 29.9 Å². The van der Waals surface area contributed by atoms with Gasteiger partial charge < -0.3 is 19.5 Å². The van der Waals surface area contributed by atoms with Gasteiger partial charge in [0.15, 0.2) is 11.7 Å². The maximum atomic E-state index is 12.3. The zero-order chi connectivity index (χ0) is 20.1. The fourth-order valence-corrected chi connectivity index (χ4v) is 3.76. The van der Waals surface area contributed by atoms with Crippen molar-refractivity contribution in [3.05, 3.63) is 24.2 Å². The van der Waals surface area contributed by atoms with Crippen LogP contribution in [0.2, 0.25) is 0 Å². The Bertz CT molecular complexity index is 823. The van der Waals surface area contributed by atoms with Gasteiger partial charge in [-0.25, -0.2) is 4.98 Å². The Morgan fingerprint density at radius 2 is 1.97 bits per heavy atom. The SMILES string of the molecule is CN=C(NCc1nc(-c2ccco2)n[nH]1)N1CCN(CC(=O)N2CCCC2)CC1.I. The number of halogens is 1. The number of H-pyrrole nitrogens is 1. The van der Waals surface area contributed by atoms with Crippen molar-refractivity contribution in [2.45, 2.75) is 19.4 Å². The minimum atomic E-state index is 0. The molecule has 30 heavy (non-hydrogen) atoms. The first kappa shape index (κ1) is 22.5. The van der Waals surface area contributed by atoms with E-state index in [1.807, 2.05) is 17.0 Å². The molecule has 2 aromatic rings. The van der Waals surface area contributed by atoms with E-state index in [1.54, 1.807) is 13.3 Å². The highest BCUT2D eigenvalue weighted by molar-refractivity contribution is 14.0. The van der Waals surface area contributed by atoms with Crippen molar-refractivity contribution in [1.82, 2.24) is 35.2 Å². The van der Waals surface area contributed by atoms with E-state index in [2.05, 4.69) is 35.3 Å². The van der Waals surface area contributed by atoms with Crippen LogP contribution in [-0.4, -0.2) is 94.6 Å². The topological polar surface area (TPSA) is 106 Å². The van der Waals surface area contributed by atoms with E-state index >= 15 is 0 Å². The zero-order valence-corrected chi connectivity index (χ0v) is 19.5. The molecule has 2 aliphatic heterocycles. The number of nitrogens with one attached hydrogen (secondary N) is 2. The van der Waals surface area contributed by atoms with Gasteiger partial charge in [-0.3, -0.25) is 19.8 Å². The second-order valence-electron chi connectivity index (χ2n) is 7.33. The molecule has 4 heterocycles. The van der Waals surface area contributed by atoms with E-state index < -0.39 is 0 Å². The number of aliphatic imine (C=N–C) groups is 1. The molecule has 0 aromatic carbocycles. The van der Waals surface area contributed by atoms with Crippen LogP contribution in [0.3, 0.4) is 0 Å². The van der Waals surface area contributed by atoms with Crippen LogP contribution >= 0.6 is 24.0 Å². The van der Waals surface area contributed by atoms with E-state index in [1.165, 1.54) is 0 Å². The second kappa shape index (κ2) is 10.8. The third-order valence-electron chi connectivity index (χ3n) is 5.39. The molecule has 4 rings (SSSR count). The number of aromatic amines is 1. The number of likely N-dealkylation sites (tertiary alicyclic amines) is 1. The summed E-state index contributed by atoms with van der Waals surface area (Å²) in [6.07, 6.45) is 3.87. The maximum absolute atomic E-state index is 12.3. The number of guanidine groups is 1. The van der Waals surface area contributed by atoms with Gasteiger partial charge in [0.05, 0.1) is 19.4 Å². The molecular formula is C19H29IN8O2. The summed E-state index contributed by atoms with van der Waals surface area (Å²) in [7, 11) is 1.78. The molecule has 10 nitrogen and oxygen atoms in total. The second-order valence-corrected chi connectivity index (χ2v) is 7.33. The smallest absolute Gasteiger partial charge is 0.236 e. The van der Waals surface area contributed by atoms with Crippen molar-refractivity contribution in [2.75, 3.05) is 52.9 Å². The van der Waals surface area contributed by atoms with Crippen LogP contribution in [0.25, 0.3) is 11.6 Å². The summed E-state index contributed by atoms with van der Waals surface area (Å²) >= 11 is 0. The monoisotopic (exact) mass is 528 g/mol. The Morgan fingerprint density at radius 1 is 1.20 bits per heavy atom. The lowest BCUT2D eigenvalue weighted by Gasteiger charge is -2.36. The average molecular weight is 528 g/mol. The molecular weight excluding hydrogens is 499 g/mol. The van der Waals surface area contributed by atoms with Crippen LogP contribution in [-0.2, 0) is 11.3 Å². The summed E-state index contributed by atoms with van der Waals surface area (Å²) < 4.78 is 5.32. The minimum absolute atomic E-state index is 0. The van der Waals surface area contributed by atoms with Gasteiger partial charge in [-0.2, -0.15) is 0 Å². The summed E-state index contributed by atoms with van der Waals surface area (Å²) in [5, 5.41) is 10.4. The van der Waals surface area contributed by atoms with Gasteiger partial charge in [-0.15, -0.1) is 29.1 Å². The van der Waals surface area contributed by atoms with E-state index in [9.17, 15) is 4.79 Å². The Hall–Kier alpha value is -2.15. The van der Waals surface area contributed by atoms with Crippen molar-refractivity contribution in [3.63, 3.8) is 0 Å². The molecule has 164 valence electrons. The third-order valence-corrected chi connectivity index (χ3v) is 5.39. The van der Waals surface area contributed by atoms with E-state index in [0.717, 1.165) is 58.1 Å². The summed E-state index contributed by atoms with van der Waals surface area (Å²) in [6, 6.07) is 3.64. The van der Waals surface area contributed by atoms with Crippen LogP contribution in [0.4, 0.5) is 0 Å². The minimum Gasteiger partial charge on any atom is -0.461 e. The summed E-state index contributed by atoms with van der Waals surface area (Å²) in [5.41, 5.74) is 0. The van der Waals surface area contributed by atoms with Crippen molar-refractivity contribution in [2.24, 2.45) is 4.99 Å². The molecule has 2 saturated heterocycles. The lowest BCUT2D eigenvalue weighted by atomic mass is 10.3. The third kappa shape index (κ3) is 5.50. The molecule has 0 unspecified atom stereocenters. The van der Waals surface area contributed by atoms with E-state index in [4.69, 9.17) is 4.42 Å². The summed E-state index contributed by atoms with van der Waals surface area (Å²) in [4.78, 5) is 27.6. The quantitative estimate of drug-likeness (QED) is 0.339. The molecule has 0 spiro atoms. The molecule has 0 bridgehead atoms. The van der Waals surface area contributed by atoms with Crippen molar-refractivity contribution < 1.29 is 9.21 Å². The van der Waals surface area contributed by atoms with Gasteiger partial charge in [0.25, 0.3) is 0 Å². The Morgan fingerprint density at radius 3 is 2.63 bits per heavy atom. The van der Waals surface area contributed by atoms with Crippen molar-refractivity contribution in [3.8, 4) is 11.6 Å². The normalized spacial score (nSPS) is 17.8. The standard InChI is InChI=1S/C19H28N8O2.HI/c1-20-19(21-13-16-22-18(24-23-16)15-5-4-12-29-15)27-10-8-25(9-11-27)14-17(28)26-6-2-3-7-26;/h4-5,12H,2-3,6-11,13-14H2,1H3,(H,20,21)(H,22,23,24);1H. The lowest BCUT2D eigenvalue weighted by molar-refractivity contribution is -0.131. The van der Waals surface area contributed by atoms with Crippen LogP contribution in [0.5, 0.6) is 0 Å². The number of nitrogens with zero attached hydrogens (tertiary/aromatic N) is 6. The fourth-order valence-electron chi connectivity index (χ4n) is 3.76. The van der Waals surface area contributed by atoms with Crippen LogP contribution in [0.1, 0.15) is 18.7 Å². The Balaban J connectivity index is 0.00000256. The van der Waals surface area contributed by atoms with Gasteiger partial charge in [0.1, 0.15) is 5.82 Å². The molecule has 2 fully saturated rings. The molecule has 11 heteroatoms. The fraction of sp³-hybridized carbons (Fsp3) is 0.579. The Labute approximate surface area is 193 Å². The number of furan rings is 1. The number of hydrogen-bond acceptors (Lipinski definition) is 6. The highest BCUT2D eigenvalue weighted by atomic mass is 127. The highest BCUT2D eigenvalue weighted by Crippen LogP contribution is 2.14. The molecule has 1 amide bonds. The predicted octanol–water partition coefficient (Wildman–Crippen LogP) is 0.998. The van der Waals surface area contributed by atoms with Crippen LogP contribution < -0.4 is 5.32 Å². The first-order valence-electron chi connectivity index (χ1n) is 10.1. The molecule has 0 radical (unpaired) electrons. The first-order chi connectivity index (χ1) is 14.2. The Kier molecular flexibility index (Phi) is 8.08. The van der Waals surface area contributed by atoms with Gasteiger partial charge in [-0.1, -0.05) is 0 Å². The first-order valence-corrected chi connectivity index (χ1v) is 10.1. The number of aromatic nitrogens is 3. The number of piperazine rings is 1. The van der Waals surface area contributed by atoms with Gasteiger partial charge in [0, 0.05) is 46.3 Å². The van der Waals surface area contributed by atoms with Crippen LogP contribution in [0.15, 0.2) is 27.8 Å². The van der Waals surface area contributed by atoms with Crippen LogP contribution in [0, 0.1) is 0 Å². The van der Waals surface area contributed by atoms with Gasteiger partial charge in [0.2, 0.25) is 11.7 Å². The zero-order valence-electron chi connectivity index (χ0n) is 17.2.